The van der Waals surface area contributed by atoms with Gasteiger partial charge in [0.25, 0.3) is 0 Å². The topological polar surface area (TPSA) is 39.2 Å². The van der Waals surface area contributed by atoms with E-state index >= 15 is 0 Å². The van der Waals surface area contributed by atoms with E-state index in [1.54, 1.807) is 0 Å². The number of hydrogen-bond acceptors (Lipinski definition) is 2. The molecule has 2 aromatic rings. The first-order valence-electron chi connectivity index (χ1n) is 5.57. The summed E-state index contributed by atoms with van der Waals surface area (Å²) in [5.74, 6) is 1.89. The molecule has 2 N–H and O–H groups in total. The van der Waals surface area contributed by atoms with Crippen molar-refractivity contribution >= 4 is 0 Å². The van der Waals surface area contributed by atoms with Crippen LogP contribution in [0.3, 0.4) is 0 Å². The maximum atomic E-state index is 5.80. The summed E-state index contributed by atoms with van der Waals surface area (Å²) < 4.78 is 5.75. The van der Waals surface area contributed by atoms with Gasteiger partial charge in [-0.1, -0.05) is 30.3 Å². The Hall–Kier alpha value is -1.54. The number of benzene rings is 1. The number of furan rings is 1. The Labute approximate surface area is 96.1 Å². The predicted molar refractivity (Wildman–Crippen MR) is 66.2 cm³/mol. The molecule has 0 amide bonds. The van der Waals surface area contributed by atoms with Gasteiger partial charge < -0.3 is 10.2 Å². The van der Waals surface area contributed by atoms with Crippen molar-refractivity contribution in [2.24, 2.45) is 5.73 Å². The summed E-state index contributed by atoms with van der Waals surface area (Å²) in [5.41, 5.74) is 8.11. The van der Waals surface area contributed by atoms with Crippen LogP contribution in [0, 0.1) is 6.92 Å². The number of aryl methyl sites for hydroxylation is 1. The number of rotatable bonds is 3. The summed E-state index contributed by atoms with van der Waals surface area (Å²) in [6, 6.07) is 12.4. The lowest BCUT2D eigenvalue weighted by molar-refractivity contribution is 0.540. The summed E-state index contributed by atoms with van der Waals surface area (Å²) in [5, 5.41) is 0. The molecule has 0 saturated carbocycles. The van der Waals surface area contributed by atoms with E-state index < -0.39 is 0 Å². The number of hydrogen-bond donors (Lipinski definition) is 1. The molecule has 1 unspecified atom stereocenters. The van der Waals surface area contributed by atoms with Gasteiger partial charge in [-0.3, -0.25) is 0 Å². The standard InChI is InChI=1S/C14H17NO/c1-10(15)8-13-9-14(16-11(13)2)12-6-4-3-5-7-12/h3-7,9-10H,8,15H2,1-2H3. The highest BCUT2D eigenvalue weighted by Crippen LogP contribution is 2.25. The average Bonchev–Trinajstić information content (AvgIpc) is 2.61. The van der Waals surface area contributed by atoms with E-state index in [0.717, 1.165) is 23.5 Å². The van der Waals surface area contributed by atoms with E-state index in [0.29, 0.717) is 0 Å². The zero-order valence-corrected chi connectivity index (χ0v) is 9.73. The van der Waals surface area contributed by atoms with Crippen LogP contribution in [-0.4, -0.2) is 6.04 Å². The summed E-state index contributed by atoms with van der Waals surface area (Å²) in [4.78, 5) is 0. The van der Waals surface area contributed by atoms with Crippen LogP contribution in [0.4, 0.5) is 0 Å². The third-order valence-electron chi connectivity index (χ3n) is 2.62. The molecule has 1 aromatic heterocycles. The molecule has 0 aliphatic heterocycles. The summed E-state index contributed by atoms with van der Waals surface area (Å²) in [6.07, 6.45) is 0.863. The molecule has 1 aromatic carbocycles. The molecule has 1 heterocycles. The van der Waals surface area contributed by atoms with Crippen molar-refractivity contribution in [3.05, 3.63) is 47.7 Å². The Kier molecular flexibility index (Phi) is 3.11. The highest BCUT2D eigenvalue weighted by Gasteiger charge is 2.10. The van der Waals surface area contributed by atoms with Gasteiger partial charge in [0, 0.05) is 11.6 Å². The first-order chi connectivity index (χ1) is 7.66. The minimum Gasteiger partial charge on any atom is -0.461 e. The Balaban J connectivity index is 2.31. The van der Waals surface area contributed by atoms with Gasteiger partial charge in [0.2, 0.25) is 0 Å². The predicted octanol–water partition coefficient (Wildman–Crippen LogP) is 3.14. The van der Waals surface area contributed by atoms with Crippen molar-refractivity contribution in [1.29, 1.82) is 0 Å². The normalized spacial score (nSPS) is 12.7. The molecule has 2 nitrogen and oxygen atoms in total. The van der Waals surface area contributed by atoms with Gasteiger partial charge in [-0.25, -0.2) is 0 Å². The molecule has 0 spiro atoms. The third-order valence-corrected chi connectivity index (χ3v) is 2.62. The van der Waals surface area contributed by atoms with Crippen molar-refractivity contribution in [1.82, 2.24) is 0 Å². The van der Waals surface area contributed by atoms with Crippen molar-refractivity contribution in [3.63, 3.8) is 0 Å². The van der Waals surface area contributed by atoms with Gasteiger partial charge in [0.1, 0.15) is 11.5 Å². The van der Waals surface area contributed by atoms with E-state index in [1.165, 1.54) is 5.56 Å². The highest BCUT2D eigenvalue weighted by molar-refractivity contribution is 5.58. The van der Waals surface area contributed by atoms with E-state index in [4.69, 9.17) is 10.2 Å². The molecule has 0 aliphatic carbocycles. The molecular formula is C14H17NO. The molecular weight excluding hydrogens is 198 g/mol. The van der Waals surface area contributed by atoms with E-state index in [9.17, 15) is 0 Å². The minimum atomic E-state index is 0.167. The van der Waals surface area contributed by atoms with Crippen molar-refractivity contribution in [2.45, 2.75) is 26.3 Å². The smallest absolute Gasteiger partial charge is 0.134 e. The van der Waals surface area contributed by atoms with Crippen molar-refractivity contribution in [2.75, 3.05) is 0 Å². The Morgan fingerprint density at radius 1 is 1.25 bits per heavy atom. The SMILES string of the molecule is Cc1oc(-c2ccccc2)cc1CC(C)N. The summed E-state index contributed by atoms with van der Waals surface area (Å²) in [7, 11) is 0. The number of nitrogens with two attached hydrogens (primary N) is 1. The van der Waals surface area contributed by atoms with Gasteiger partial charge in [0.15, 0.2) is 0 Å². The van der Waals surface area contributed by atoms with Crippen molar-refractivity contribution < 1.29 is 4.42 Å². The van der Waals surface area contributed by atoms with Crippen LogP contribution in [0.5, 0.6) is 0 Å². The van der Waals surface area contributed by atoms with Crippen LogP contribution in [0.1, 0.15) is 18.2 Å². The minimum absolute atomic E-state index is 0.167. The molecule has 0 fully saturated rings. The molecule has 2 heteroatoms. The lowest BCUT2D eigenvalue weighted by Gasteiger charge is -2.01. The van der Waals surface area contributed by atoms with E-state index in [2.05, 4.69) is 6.07 Å². The van der Waals surface area contributed by atoms with Crippen molar-refractivity contribution in [3.8, 4) is 11.3 Å². The second-order valence-corrected chi connectivity index (χ2v) is 4.24. The second kappa shape index (κ2) is 4.54. The maximum absolute atomic E-state index is 5.80. The zero-order chi connectivity index (χ0) is 11.5. The Morgan fingerprint density at radius 3 is 2.56 bits per heavy atom. The summed E-state index contributed by atoms with van der Waals surface area (Å²) >= 11 is 0. The molecule has 0 bridgehead atoms. The molecule has 84 valence electrons. The van der Waals surface area contributed by atoms with Gasteiger partial charge >= 0.3 is 0 Å². The molecule has 0 radical (unpaired) electrons. The van der Waals surface area contributed by atoms with Crippen LogP contribution in [0.25, 0.3) is 11.3 Å². The zero-order valence-electron chi connectivity index (χ0n) is 9.73. The van der Waals surface area contributed by atoms with Crippen LogP contribution in [0.2, 0.25) is 0 Å². The first kappa shape index (κ1) is 11.0. The quantitative estimate of drug-likeness (QED) is 0.854. The van der Waals surface area contributed by atoms with E-state index in [-0.39, 0.29) is 6.04 Å². The maximum Gasteiger partial charge on any atom is 0.134 e. The highest BCUT2D eigenvalue weighted by atomic mass is 16.3. The molecule has 1 atom stereocenters. The average molecular weight is 215 g/mol. The summed E-state index contributed by atoms with van der Waals surface area (Å²) in [6.45, 7) is 4.00. The van der Waals surface area contributed by atoms with Gasteiger partial charge in [-0.15, -0.1) is 0 Å². The van der Waals surface area contributed by atoms with Gasteiger partial charge in [-0.05, 0) is 31.9 Å². The van der Waals surface area contributed by atoms with Crippen LogP contribution >= 0.6 is 0 Å². The lowest BCUT2D eigenvalue weighted by Crippen LogP contribution is -2.17. The fraction of sp³-hybridized carbons (Fsp3) is 0.286. The third kappa shape index (κ3) is 2.34. The molecule has 0 saturated heterocycles. The monoisotopic (exact) mass is 215 g/mol. The largest absolute Gasteiger partial charge is 0.461 e. The van der Waals surface area contributed by atoms with Crippen LogP contribution < -0.4 is 5.73 Å². The fourth-order valence-electron chi connectivity index (χ4n) is 1.81. The van der Waals surface area contributed by atoms with E-state index in [1.807, 2.05) is 44.2 Å². The molecule has 16 heavy (non-hydrogen) atoms. The fourth-order valence-corrected chi connectivity index (χ4v) is 1.81. The van der Waals surface area contributed by atoms with Crippen LogP contribution in [-0.2, 0) is 6.42 Å². The van der Waals surface area contributed by atoms with Gasteiger partial charge in [-0.2, -0.15) is 0 Å². The second-order valence-electron chi connectivity index (χ2n) is 4.24. The van der Waals surface area contributed by atoms with Gasteiger partial charge in [0.05, 0.1) is 0 Å². The lowest BCUT2D eigenvalue weighted by atomic mass is 10.1. The molecule has 2 rings (SSSR count). The van der Waals surface area contributed by atoms with Crippen LogP contribution in [0.15, 0.2) is 40.8 Å². The Morgan fingerprint density at radius 2 is 1.94 bits per heavy atom. The Bertz CT molecular complexity index is 457. The first-order valence-corrected chi connectivity index (χ1v) is 5.57. The molecule has 0 aliphatic rings.